The highest BCUT2D eigenvalue weighted by Gasteiger charge is 2.19. The van der Waals surface area contributed by atoms with E-state index in [-0.39, 0.29) is 5.91 Å². The highest BCUT2D eigenvalue weighted by atomic mass is 32.1. The van der Waals surface area contributed by atoms with Crippen LogP contribution in [0.3, 0.4) is 0 Å². The summed E-state index contributed by atoms with van der Waals surface area (Å²) < 4.78 is 5.23. The number of nitrogens with two attached hydrogens (primary N) is 1. The van der Waals surface area contributed by atoms with Gasteiger partial charge in [0.1, 0.15) is 10.7 Å². The SMILES string of the molecule is COc1ccc(C(N)=S)c(N2CCCNC(=O)C2)c1. The number of rotatable bonds is 3. The maximum atomic E-state index is 11.7. The standard InChI is InChI=1S/C13H17N3O2S/c1-18-9-3-4-10(13(14)19)11(7-9)16-6-2-5-15-12(17)8-16/h3-4,7H,2,5-6,8H2,1H3,(H2,14,19)(H,15,17). The minimum Gasteiger partial charge on any atom is -0.497 e. The van der Waals surface area contributed by atoms with Gasteiger partial charge in [-0.25, -0.2) is 0 Å². The molecule has 1 heterocycles. The number of anilines is 1. The molecule has 1 aromatic carbocycles. The molecule has 1 aliphatic heterocycles. The van der Waals surface area contributed by atoms with E-state index in [1.807, 2.05) is 23.1 Å². The molecule has 1 amide bonds. The van der Waals surface area contributed by atoms with E-state index in [1.165, 1.54) is 0 Å². The second-order valence-corrected chi connectivity index (χ2v) is 4.81. The Morgan fingerprint density at radius 2 is 2.32 bits per heavy atom. The number of carbonyl (C=O) groups is 1. The Bertz CT molecular complexity index is 505. The zero-order chi connectivity index (χ0) is 13.8. The van der Waals surface area contributed by atoms with Crippen LogP contribution in [0, 0.1) is 0 Å². The summed E-state index contributed by atoms with van der Waals surface area (Å²) in [5, 5.41) is 2.85. The lowest BCUT2D eigenvalue weighted by Gasteiger charge is -2.24. The third kappa shape index (κ3) is 3.14. The van der Waals surface area contributed by atoms with E-state index in [1.54, 1.807) is 7.11 Å². The van der Waals surface area contributed by atoms with Gasteiger partial charge in [-0.15, -0.1) is 0 Å². The molecule has 5 nitrogen and oxygen atoms in total. The smallest absolute Gasteiger partial charge is 0.239 e. The predicted octanol–water partition coefficient (Wildman–Crippen LogP) is 0.656. The first kappa shape index (κ1) is 13.6. The minimum atomic E-state index is 0.00853. The van der Waals surface area contributed by atoms with Crippen molar-refractivity contribution < 1.29 is 9.53 Å². The molecule has 0 aromatic heterocycles. The van der Waals surface area contributed by atoms with Crippen LogP contribution in [-0.4, -0.2) is 37.6 Å². The van der Waals surface area contributed by atoms with Gasteiger partial charge >= 0.3 is 0 Å². The summed E-state index contributed by atoms with van der Waals surface area (Å²) in [7, 11) is 1.61. The van der Waals surface area contributed by atoms with Crippen LogP contribution in [0.25, 0.3) is 0 Å². The molecule has 3 N–H and O–H groups in total. The molecule has 0 spiro atoms. The average Bonchev–Trinajstić information content (AvgIpc) is 2.62. The predicted molar refractivity (Wildman–Crippen MR) is 78.7 cm³/mol. The fourth-order valence-electron chi connectivity index (χ4n) is 2.12. The molecule has 2 rings (SSSR count). The molecule has 0 atom stereocenters. The van der Waals surface area contributed by atoms with Crippen molar-refractivity contribution in [2.75, 3.05) is 31.6 Å². The summed E-state index contributed by atoms with van der Waals surface area (Å²) in [6, 6.07) is 5.52. The summed E-state index contributed by atoms with van der Waals surface area (Å²) in [6.07, 6.45) is 0.889. The fourth-order valence-corrected chi connectivity index (χ4v) is 2.29. The second-order valence-electron chi connectivity index (χ2n) is 4.37. The van der Waals surface area contributed by atoms with E-state index in [0.29, 0.717) is 18.1 Å². The number of nitrogens with zero attached hydrogens (tertiary/aromatic N) is 1. The third-order valence-electron chi connectivity index (χ3n) is 3.07. The molecule has 1 saturated heterocycles. The lowest BCUT2D eigenvalue weighted by molar-refractivity contribution is -0.119. The van der Waals surface area contributed by atoms with Crippen LogP contribution >= 0.6 is 12.2 Å². The number of amides is 1. The molecule has 0 bridgehead atoms. The van der Waals surface area contributed by atoms with E-state index in [0.717, 1.165) is 30.0 Å². The first-order chi connectivity index (χ1) is 9.11. The maximum Gasteiger partial charge on any atom is 0.239 e. The largest absolute Gasteiger partial charge is 0.497 e. The van der Waals surface area contributed by atoms with Gasteiger partial charge < -0.3 is 20.7 Å². The van der Waals surface area contributed by atoms with E-state index < -0.39 is 0 Å². The Morgan fingerprint density at radius 1 is 1.53 bits per heavy atom. The number of hydrogen-bond donors (Lipinski definition) is 2. The zero-order valence-corrected chi connectivity index (χ0v) is 11.6. The molecule has 19 heavy (non-hydrogen) atoms. The molecule has 0 aliphatic carbocycles. The van der Waals surface area contributed by atoms with Gasteiger partial charge in [0.2, 0.25) is 5.91 Å². The van der Waals surface area contributed by atoms with Crippen LogP contribution in [0.15, 0.2) is 18.2 Å². The van der Waals surface area contributed by atoms with E-state index in [9.17, 15) is 4.79 Å². The van der Waals surface area contributed by atoms with Crippen molar-refractivity contribution in [2.24, 2.45) is 5.73 Å². The van der Waals surface area contributed by atoms with Gasteiger partial charge in [-0.1, -0.05) is 12.2 Å². The van der Waals surface area contributed by atoms with E-state index >= 15 is 0 Å². The van der Waals surface area contributed by atoms with Crippen molar-refractivity contribution in [1.82, 2.24) is 5.32 Å². The van der Waals surface area contributed by atoms with Crippen molar-refractivity contribution in [3.05, 3.63) is 23.8 Å². The number of benzene rings is 1. The molecule has 1 fully saturated rings. The number of carbonyl (C=O) groups excluding carboxylic acids is 1. The molecule has 1 aliphatic rings. The first-order valence-electron chi connectivity index (χ1n) is 6.11. The molecule has 0 unspecified atom stereocenters. The Labute approximate surface area is 117 Å². The zero-order valence-electron chi connectivity index (χ0n) is 10.8. The van der Waals surface area contributed by atoms with Crippen LogP contribution < -0.4 is 20.7 Å². The number of thiocarbonyl (C=S) groups is 1. The highest BCUT2D eigenvalue weighted by Crippen LogP contribution is 2.26. The van der Waals surface area contributed by atoms with Crippen LogP contribution in [0.1, 0.15) is 12.0 Å². The van der Waals surface area contributed by atoms with Gasteiger partial charge in [-0.3, -0.25) is 4.79 Å². The number of methoxy groups -OCH3 is 1. The number of nitrogens with one attached hydrogen (secondary N) is 1. The highest BCUT2D eigenvalue weighted by molar-refractivity contribution is 7.80. The van der Waals surface area contributed by atoms with Gasteiger partial charge in [-0.05, 0) is 18.6 Å². The van der Waals surface area contributed by atoms with Crippen LogP contribution in [0.4, 0.5) is 5.69 Å². The molecule has 1 aromatic rings. The van der Waals surface area contributed by atoms with Crippen LogP contribution in [-0.2, 0) is 4.79 Å². The molecular weight excluding hydrogens is 262 g/mol. The number of ether oxygens (including phenoxy) is 1. The monoisotopic (exact) mass is 279 g/mol. The Kier molecular flexibility index (Phi) is 4.21. The molecular formula is C13H17N3O2S. The van der Waals surface area contributed by atoms with Crippen molar-refractivity contribution >= 4 is 28.8 Å². The quantitative estimate of drug-likeness (QED) is 0.796. The topological polar surface area (TPSA) is 67.6 Å². The van der Waals surface area contributed by atoms with Crippen LogP contribution in [0.5, 0.6) is 5.75 Å². The minimum absolute atomic E-state index is 0.00853. The Balaban J connectivity index is 2.39. The van der Waals surface area contributed by atoms with Crippen LogP contribution in [0.2, 0.25) is 0 Å². The summed E-state index contributed by atoms with van der Waals surface area (Å²) >= 11 is 5.07. The van der Waals surface area contributed by atoms with Crippen molar-refractivity contribution in [3.8, 4) is 5.75 Å². The van der Waals surface area contributed by atoms with E-state index in [2.05, 4.69) is 5.32 Å². The molecule has 102 valence electrons. The fraction of sp³-hybridized carbons (Fsp3) is 0.385. The Morgan fingerprint density at radius 3 is 3.00 bits per heavy atom. The summed E-state index contributed by atoms with van der Waals surface area (Å²) in [4.78, 5) is 14.0. The molecule has 6 heteroatoms. The van der Waals surface area contributed by atoms with Crippen molar-refractivity contribution in [1.29, 1.82) is 0 Å². The van der Waals surface area contributed by atoms with Gasteiger partial charge in [0.25, 0.3) is 0 Å². The average molecular weight is 279 g/mol. The van der Waals surface area contributed by atoms with Crippen molar-refractivity contribution in [3.63, 3.8) is 0 Å². The summed E-state index contributed by atoms with van der Waals surface area (Å²) in [5.74, 6) is 0.730. The first-order valence-corrected chi connectivity index (χ1v) is 6.52. The second kappa shape index (κ2) is 5.88. The van der Waals surface area contributed by atoms with Crippen molar-refractivity contribution in [2.45, 2.75) is 6.42 Å². The summed E-state index contributed by atoms with van der Waals surface area (Å²) in [6.45, 7) is 1.78. The van der Waals surface area contributed by atoms with Gasteiger partial charge in [0.15, 0.2) is 0 Å². The van der Waals surface area contributed by atoms with Gasteiger partial charge in [0.05, 0.1) is 19.3 Å². The summed E-state index contributed by atoms with van der Waals surface area (Å²) in [5.41, 5.74) is 7.37. The lowest BCUT2D eigenvalue weighted by Crippen LogP contribution is -2.34. The third-order valence-corrected chi connectivity index (χ3v) is 3.29. The van der Waals surface area contributed by atoms with E-state index in [4.69, 9.17) is 22.7 Å². The Hall–Kier alpha value is -1.82. The lowest BCUT2D eigenvalue weighted by atomic mass is 10.1. The molecule has 0 radical (unpaired) electrons. The van der Waals surface area contributed by atoms with Gasteiger partial charge in [0, 0.05) is 24.7 Å². The normalized spacial score (nSPS) is 15.6. The number of hydrogen-bond acceptors (Lipinski definition) is 4. The maximum absolute atomic E-state index is 11.7. The van der Waals surface area contributed by atoms with Gasteiger partial charge in [-0.2, -0.15) is 0 Å². The molecule has 0 saturated carbocycles.